The monoisotopic (exact) mass is 230 g/mol. The Morgan fingerprint density at radius 1 is 1.18 bits per heavy atom. The third-order valence-electron chi connectivity index (χ3n) is 3.79. The molecule has 92 valence electrons. The maximum Gasteiger partial charge on any atom is 0.0482 e. The molecular weight excluding hydrogens is 208 g/mol. The van der Waals surface area contributed by atoms with Gasteiger partial charge in [-0.3, -0.25) is 0 Å². The van der Waals surface area contributed by atoms with E-state index in [4.69, 9.17) is 5.73 Å². The maximum absolute atomic E-state index is 5.53. The highest BCUT2D eigenvalue weighted by Crippen LogP contribution is 2.25. The lowest BCUT2D eigenvalue weighted by Gasteiger charge is -2.02. The fourth-order valence-electron chi connectivity index (χ4n) is 2.43. The summed E-state index contributed by atoms with van der Waals surface area (Å²) in [5, 5.41) is 1.40. The van der Waals surface area contributed by atoms with E-state index in [1.165, 1.54) is 34.1 Å². The van der Waals surface area contributed by atoms with Crippen LogP contribution in [0.4, 0.5) is 0 Å². The van der Waals surface area contributed by atoms with Crippen LogP contribution >= 0.6 is 0 Å². The van der Waals surface area contributed by atoms with Gasteiger partial charge in [-0.05, 0) is 62.9 Å². The fraction of sp³-hybridized carbons (Fsp3) is 0.467. The van der Waals surface area contributed by atoms with Gasteiger partial charge in [0, 0.05) is 23.6 Å². The van der Waals surface area contributed by atoms with Crippen molar-refractivity contribution in [3.8, 4) is 0 Å². The average Bonchev–Trinajstić information content (AvgIpc) is 2.55. The number of nitrogens with zero attached hydrogens (tertiary/aromatic N) is 1. The van der Waals surface area contributed by atoms with Gasteiger partial charge in [0.05, 0.1) is 0 Å². The number of unbranched alkanes of at least 4 members (excludes halogenated alkanes) is 1. The molecule has 0 unspecified atom stereocenters. The highest BCUT2D eigenvalue weighted by Gasteiger charge is 2.08. The number of hydrogen-bond acceptors (Lipinski definition) is 1. The Morgan fingerprint density at radius 2 is 1.94 bits per heavy atom. The van der Waals surface area contributed by atoms with Gasteiger partial charge in [0.1, 0.15) is 0 Å². The van der Waals surface area contributed by atoms with Gasteiger partial charge in [-0.25, -0.2) is 0 Å². The number of nitrogens with two attached hydrogens (primary N) is 1. The van der Waals surface area contributed by atoms with Crippen molar-refractivity contribution >= 4 is 10.9 Å². The van der Waals surface area contributed by atoms with Crippen LogP contribution in [-0.2, 0) is 13.5 Å². The molecule has 0 aliphatic carbocycles. The van der Waals surface area contributed by atoms with Crippen LogP contribution in [0.15, 0.2) is 18.2 Å². The summed E-state index contributed by atoms with van der Waals surface area (Å²) in [6, 6.07) is 6.83. The van der Waals surface area contributed by atoms with E-state index in [9.17, 15) is 0 Å². The van der Waals surface area contributed by atoms with E-state index in [0.717, 1.165) is 19.4 Å². The summed E-state index contributed by atoms with van der Waals surface area (Å²) in [4.78, 5) is 0. The molecular formula is C15H22N2. The first-order valence-electron chi connectivity index (χ1n) is 6.39. The van der Waals surface area contributed by atoms with Crippen LogP contribution in [0, 0.1) is 13.8 Å². The third kappa shape index (κ3) is 2.22. The number of fused-ring (bicyclic) bond motifs is 1. The minimum Gasteiger partial charge on any atom is -0.348 e. The molecule has 2 aromatic rings. The lowest BCUT2D eigenvalue weighted by atomic mass is 10.0. The maximum atomic E-state index is 5.53. The molecule has 2 nitrogen and oxygen atoms in total. The first kappa shape index (κ1) is 12.2. The quantitative estimate of drug-likeness (QED) is 0.804. The van der Waals surface area contributed by atoms with Crippen LogP contribution in [0.25, 0.3) is 10.9 Å². The standard InChI is InChI=1S/C15H22N2/c1-11-12(2)17(3)15-8-7-13(10-14(11)15)6-4-5-9-16/h7-8,10H,4-6,9,16H2,1-3H3. The van der Waals surface area contributed by atoms with E-state index in [1.807, 2.05) is 0 Å². The van der Waals surface area contributed by atoms with E-state index >= 15 is 0 Å². The molecule has 2 rings (SSSR count). The molecule has 0 saturated heterocycles. The van der Waals surface area contributed by atoms with Crippen LogP contribution in [0.3, 0.4) is 0 Å². The summed E-state index contributed by atoms with van der Waals surface area (Å²) in [5.74, 6) is 0. The molecule has 1 heterocycles. The molecule has 0 saturated carbocycles. The van der Waals surface area contributed by atoms with E-state index < -0.39 is 0 Å². The third-order valence-corrected chi connectivity index (χ3v) is 3.79. The minimum absolute atomic E-state index is 0.797. The lowest BCUT2D eigenvalue weighted by Crippen LogP contribution is -1.98. The first-order valence-corrected chi connectivity index (χ1v) is 6.39. The molecule has 0 fully saturated rings. The molecule has 0 atom stereocenters. The molecule has 0 radical (unpaired) electrons. The number of rotatable bonds is 4. The fourth-order valence-corrected chi connectivity index (χ4v) is 2.43. The molecule has 0 amide bonds. The zero-order valence-electron chi connectivity index (χ0n) is 11.1. The van der Waals surface area contributed by atoms with Crippen LogP contribution < -0.4 is 5.73 Å². The Bertz CT molecular complexity index is 523. The molecule has 0 bridgehead atoms. The highest BCUT2D eigenvalue weighted by molar-refractivity contribution is 5.85. The molecule has 17 heavy (non-hydrogen) atoms. The Labute approximate surface area is 103 Å². The van der Waals surface area contributed by atoms with Gasteiger partial charge < -0.3 is 10.3 Å². The van der Waals surface area contributed by atoms with Crippen molar-refractivity contribution in [2.45, 2.75) is 33.1 Å². The number of hydrogen-bond donors (Lipinski definition) is 1. The van der Waals surface area contributed by atoms with Gasteiger partial charge in [0.15, 0.2) is 0 Å². The second-order valence-electron chi connectivity index (χ2n) is 4.87. The van der Waals surface area contributed by atoms with Crippen LogP contribution in [-0.4, -0.2) is 11.1 Å². The highest BCUT2D eigenvalue weighted by atomic mass is 14.9. The van der Waals surface area contributed by atoms with Crippen LogP contribution in [0.2, 0.25) is 0 Å². The van der Waals surface area contributed by atoms with Gasteiger partial charge in [-0.2, -0.15) is 0 Å². The lowest BCUT2D eigenvalue weighted by molar-refractivity contribution is 0.745. The van der Waals surface area contributed by atoms with Crippen molar-refractivity contribution in [1.29, 1.82) is 0 Å². The smallest absolute Gasteiger partial charge is 0.0482 e. The number of aryl methyl sites for hydroxylation is 3. The summed E-state index contributed by atoms with van der Waals surface area (Å²) in [6.45, 7) is 5.19. The second-order valence-corrected chi connectivity index (χ2v) is 4.87. The first-order chi connectivity index (χ1) is 8.15. The van der Waals surface area contributed by atoms with Crippen molar-refractivity contribution in [1.82, 2.24) is 4.57 Å². The molecule has 1 aromatic heterocycles. The van der Waals surface area contributed by atoms with Gasteiger partial charge in [-0.1, -0.05) is 6.07 Å². The molecule has 0 aliphatic heterocycles. The van der Waals surface area contributed by atoms with E-state index in [1.54, 1.807) is 0 Å². The minimum atomic E-state index is 0.797. The number of benzene rings is 1. The molecule has 2 N–H and O–H groups in total. The van der Waals surface area contributed by atoms with E-state index in [-0.39, 0.29) is 0 Å². The Kier molecular flexibility index (Phi) is 3.53. The van der Waals surface area contributed by atoms with Gasteiger partial charge in [0.25, 0.3) is 0 Å². The van der Waals surface area contributed by atoms with E-state index in [0.29, 0.717) is 0 Å². The summed E-state index contributed by atoms with van der Waals surface area (Å²) in [5.41, 5.74) is 11.1. The van der Waals surface area contributed by atoms with Gasteiger partial charge >= 0.3 is 0 Å². The van der Waals surface area contributed by atoms with Crippen LogP contribution in [0.5, 0.6) is 0 Å². The van der Waals surface area contributed by atoms with Crippen molar-refractivity contribution in [2.24, 2.45) is 12.8 Å². The summed E-state index contributed by atoms with van der Waals surface area (Å²) >= 11 is 0. The normalized spacial score (nSPS) is 11.3. The SMILES string of the molecule is Cc1c(C)n(C)c2ccc(CCCCN)cc12. The summed E-state index contributed by atoms with van der Waals surface area (Å²) in [6.07, 6.45) is 3.44. The van der Waals surface area contributed by atoms with E-state index in [2.05, 4.69) is 43.7 Å². The van der Waals surface area contributed by atoms with Gasteiger partial charge in [0.2, 0.25) is 0 Å². The number of aromatic nitrogens is 1. The average molecular weight is 230 g/mol. The Morgan fingerprint density at radius 3 is 2.65 bits per heavy atom. The van der Waals surface area contributed by atoms with Crippen molar-refractivity contribution < 1.29 is 0 Å². The Balaban J connectivity index is 2.34. The predicted octanol–water partition coefficient (Wildman–Crippen LogP) is 3.08. The summed E-state index contributed by atoms with van der Waals surface area (Å²) < 4.78 is 2.27. The molecule has 2 heteroatoms. The van der Waals surface area contributed by atoms with Gasteiger partial charge in [-0.15, -0.1) is 0 Å². The summed E-state index contributed by atoms with van der Waals surface area (Å²) in [7, 11) is 2.14. The Hall–Kier alpha value is -1.28. The van der Waals surface area contributed by atoms with Crippen molar-refractivity contribution in [2.75, 3.05) is 6.54 Å². The second kappa shape index (κ2) is 4.92. The predicted molar refractivity (Wildman–Crippen MR) is 74.4 cm³/mol. The topological polar surface area (TPSA) is 30.9 Å². The zero-order chi connectivity index (χ0) is 12.4. The van der Waals surface area contributed by atoms with Crippen molar-refractivity contribution in [3.63, 3.8) is 0 Å². The molecule has 0 aliphatic rings. The zero-order valence-corrected chi connectivity index (χ0v) is 11.1. The van der Waals surface area contributed by atoms with Crippen molar-refractivity contribution in [3.05, 3.63) is 35.0 Å². The van der Waals surface area contributed by atoms with Crippen LogP contribution in [0.1, 0.15) is 29.7 Å². The molecule has 0 spiro atoms. The largest absolute Gasteiger partial charge is 0.348 e. The molecule has 1 aromatic carbocycles.